The molecule has 0 saturated carbocycles. The van der Waals surface area contributed by atoms with E-state index in [1.54, 1.807) is 12.4 Å². The van der Waals surface area contributed by atoms with Gasteiger partial charge in [0.15, 0.2) is 0 Å². The highest BCUT2D eigenvalue weighted by Crippen LogP contribution is 2.17. The van der Waals surface area contributed by atoms with E-state index in [1.165, 1.54) is 0 Å². The Bertz CT molecular complexity index is 717. The monoisotopic (exact) mass is 253 g/mol. The van der Waals surface area contributed by atoms with E-state index in [0.29, 0.717) is 12.2 Å². The lowest BCUT2D eigenvalue weighted by atomic mass is 10.3. The van der Waals surface area contributed by atoms with E-state index in [9.17, 15) is 0 Å². The van der Waals surface area contributed by atoms with Crippen LogP contribution in [-0.4, -0.2) is 19.5 Å². The van der Waals surface area contributed by atoms with Crippen LogP contribution < -0.4 is 5.73 Å². The third-order valence-electron chi connectivity index (χ3n) is 3.09. The van der Waals surface area contributed by atoms with E-state index in [4.69, 9.17) is 5.73 Å². The fraction of sp³-hybridized carbons (Fsp3) is 0.214. The summed E-state index contributed by atoms with van der Waals surface area (Å²) < 4.78 is 2.19. The molecule has 96 valence electrons. The number of aromatic nitrogens is 4. The van der Waals surface area contributed by atoms with E-state index in [2.05, 4.69) is 32.5 Å². The lowest BCUT2D eigenvalue weighted by Gasteiger charge is -2.05. The number of nitrogens with zero attached hydrogens (tertiary/aromatic N) is 4. The van der Waals surface area contributed by atoms with Gasteiger partial charge in [0.25, 0.3) is 0 Å². The smallest absolute Gasteiger partial charge is 0.142 e. The molecule has 19 heavy (non-hydrogen) atoms. The molecule has 0 amide bonds. The van der Waals surface area contributed by atoms with Crippen LogP contribution in [0.3, 0.4) is 0 Å². The summed E-state index contributed by atoms with van der Waals surface area (Å²) in [6, 6.07) is 8.14. The van der Waals surface area contributed by atoms with E-state index in [1.807, 2.05) is 18.2 Å². The molecule has 5 heteroatoms. The summed E-state index contributed by atoms with van der Waals surface area (Å²) in [6.07, 6.45) is 3.92. The Balaban J connectivity index is 2.05. The second-order valence-corrected chi connectivity index (χ2v) is 4.37. The lowest BCUT2D eigenvalue weighted by molar-refractivity contribution is 0.728. The Morgan fingerprint density at radius 1 is 1.16 bits per heavy atom. The summed E-state index contributed by atoms with van der Waals surface area (Å²) in [4.78, 5) is 13.0. The highest BCUT2D eigenvalue weighted by Gasteiger charge is 2.10. The van der Waals surface area contributed by atoms with Crippen LogP contribution in [0.5, 0.6) is 0 Å². The lowest BCUT2D eigenvalue weighted by Crippen LogP contribution is -2.05. The first kappa shape index (κ1) is 11.6. The maximum absolute atomic E-state index is 5.66. The van der Waals surface area contributed by atoms with Crippen molar-refractivity contribution in [3.8, 4) is 0 Å². The largest absolute Gasteiger partial charge is 0.382 e. The minimum Gasteiger partial charge on any atom is -0.382 e. The first-order valence-corrected chi connectivity index (χ1v) is 6.28. The van der Waals surface area contributed by atoms with Crippen molar-refractivity contribution < 1.29 is 0 Å². The van der Waals surface area contributed by atoms with Crippen LogP contribution in [0.1, 0.15) is 18.4 Å². The fourth-order valence-corrected chi connectivity index (χ4v) is 2.28. The fourth-order valence-electron chi connectivity index (χ4n) is 2.28. The molecule has 0 fully saturated rings. The number of rotatable bonds is 3. The molecule has 0 radical (unpaired) electrons. The van der Waals surface area contributed by atoms with Crippen LogP contribution in [-0.2, 0) is 13.0 Å². The molecule has 0 atom stereocenters. The van der Waals surface area contributed by atoms with Gasteiger partial charge >= 0.3 is 0 Å². The molecule has 2 heterocycles. The van der Waals surface area contributed by atoms with E-state index < -0.39 is 0 Å². The van der Waals surface area contributed by atoms with Gasteiger partial charge in [0.1, 0.15) is 11.6 Å². The Morgan fingerprint density at radius 2 is 2.00 bits per heavy atom. The number of anilines is 1. The van der Waals surface area contributed by atoms with E-state index >= 15 is 0 Å². The third-order valence-corrected chi connectivity index (χ3v) is 3.09. The molecular weight excluding hydrogens is 238 g/mol. The summed E-state index contributed by atoms with van der Waals surface area (Å²) in [5.41, 5.74) is 8.66. The number of fused-ring (bicyclic) bond motifs is 1. The average Bonchev–Trinajstić information content (AvgIpc) is 2.75. The number of benzene rings is 1. The molecule has 3 aromatic rings. The molecule has 0 unspecified atom stereocenters. The number of nitrogen functional groups attached to an aromatic ring is 1. The van der Waals surface area contributed by atoms with Crippen molar-refractivity contribution in [2.75, 3.05) is 5.73 Å². The normalized spacial score (nSPS) is 11.0. The molecule has 2 aromatic heterocycles. The summed E-state index contributed by atoms with van der Waals surface area (Å²) in [5, 5.41) is 0. The molecule has 0 aliphatic heterocycles. The molecule has 0 aliphatic carbocycles. The minimum atomic E-state index is 0.441. The number of imidazole rings is 1. The van der Waals surface area contributed by atoms with Crippen molar-refractivity contribution in [1.82, 2.24) is 19.5 Å². The number of aryl methyl sites for hydroxylation is 1. The Labute approximate surface area is 111 Å². The molecule has 5 nitrogen and oxygen atoms in total. The summed E-state index contributed by atoms with van der Waals surface area (Å²) in [5.74, 6) is 1.43. The first-order valence-electron chi connectivity index (χ1n) is 6.28. The minimum absolute atomic E-state index is 0.441. The molecular formula is C14H15N5. The molecule has 2 N–H and O–H groups in total. The Morgan fingerprint density at radius 3 is 2.79 bits per heavy atom. The first-order chi connectivity index (χ1) is 9.28. The SMILES string of the molecule is CCn1c(Cc2cncc(N)n2)nc2ccccc21. The van der Waals surface area contributed by atoms with Crippen molar-refractivity contribution in [1.29, 1.82) is 0 Å². The predicted molar refractivity (Wildman–Crippen MR) is 74.7 cm³/mol. The van der Waals surface area contributed by atoms with Gasteiger partial charge in [-0.05, 0) is 19.1 Å². The average molecular weight is 253 g/mol. The second-order valence-electron chi connectivity index (χ2n) is 4.37. The molecule has 3 rings (SSSR count). The van der Waals surface area contributed by atoms with Gasteiger partial charge in [-0.2, -0.15) is 0 Å². The van der Waals surface area contributed by atoms with Gasteiger partial charge in [-0.1, -0.05) is 12.1 Å². The maximum atomic E-state index is 5.66. The van der Waals surface area contributed by atoms with Crippen LogP contribution in [0.2, 0.25) is 0 Å². The van der Waals surface area contributed by atoms with Crippen LogP contribution in [0.15, 0.2) is 36.7 Å². The highest BCUT2D eigenvalue weighted by atomic mass is 15.1. The molecule has 0 bridgehead atoms. The van der Waals surface area contributed by atoms with Crippen LogP contribution in [0.4, 0.5) is 5.82 Å². The number of hydrogen-bond acceptors (Lipinski definition) is 4. The van der Waals surface area contributed by atoms with Crippen molar-refractivity contribution in [2.24, 2.45) is 0 Å². The van der Waals surface area contributed by atoms with Gasteiger partial charge in [0.2, 0.25) is 0 Å². The van der Waals surface area contributed by atoms with Gasteiger partial charge in [0.05, 0.1) is 22.9 Å². The molecule has 0 saturated heterocycles. The molecule has 0 aliphatic rings. The third kappa shape index (κ3) is 2.14. The summed E-state index contributed by atoms with van der Waals surface area (Å²) in [6.45, 7) is 2.99. The zero-order valence-corrected chi connectivity index (χ0v) is 10.7. The summed E-state index contributed by atoms with van der Waals surface area (Å²) >= 11 is 0. The zero-order chi connectivity index (χ0) is 13.2. The quantitative estimate of drug-likeness (QED) is 0.775. The van der Waals surface area contributed by atoms with Gasteiger partial charge in [0, 0.05) is 19.2 Å². The molecule has 0 spiro atoms. The summed E-state index contributed by atoms with van der Waals surface area (Å²) in [7, 11) is 0. The van der Waals surface area contributed by atoms with Gasteiger partial charge in [-0.25, -0.2) is 9.97 Å². The topological polar surface area (TPSA) is 69.6 Å². The van der Waals surface area contributed by atoms with Crippen LogP contribution in [0.25, 0.3) is 11.0 Å². The maximum Gasteiger partial charge on any atom is 0.142 e. The predicted octanol–water partition coefficient (Wildman–Crippen LogP) is 2.02. The number of hydrogen-bond donors (Lipinski definition) is 1. The van der Waals surface area contributed by atoms with Gasteiger partial charge < -0.3 is 10.3 Å². The van der Waals surface area contributed by atoms with Gasteiger partial charge in [-0.15, -0.1) is 0 Å². The zero-order valence-electron chi connectivity index (χ0n) is 10.7. The van der Waals surface area contributed by atoms with Crippen LogP contribution in [0, 0.1) is 0 Å². The van der Waals surface area contributed by atoms with E-state index in [-0.39, 0.29) is 0 Å². The van der Waals surface area contributed by atoms with Crippen molar-refractivity contribution in [2.45, 2.75) is 19.9 Å². The van der Waals surface area contributed by atoms with Crippen molar-refractivity contribution >= 4 is 16.9 Å². The number of nitrogens with two attached hydrogens (primary N) is 1. The van der Waals surface area contributed by atoms with Crippen molar-refractivity contribution in [3.63, 3.8) is 0 Å². The van der Waals surface area contributed by atoms with Crippen LogP contribution >= 0.6 is 0 Å². The van der Waals surface area contributed by atoms with E-state index in [0.717, 1.165) is 29.1 Å². The van der Waals surface area contributed by atoms with Gasteiger partial charge in [-0.3, -0.25) is 4.98 Å². The standard InChI is InChI=1S/C14H15N5/c1-2-19-12-6-4-3-5-11(12)18-14(19)7-10-8-16-9-13(15)17-10/h3-6,8-9H,2,7H2,1H3,(H2,15,17). The Kier molecular flexibility index (Phi) is 2.87. The Hall–Kier alpha value is -2.43. The highest BCUT2D eigenvalue weighted by molar-refractivity contribution is 5.75. The van der Waals surface area contributed by atoms with Crippen molar-refractivity contribution in [3.05, 3.63) is 48.2 Å². The molecule has 1 aromatic carbocycles. The number of para-hydroxylation sites is 2. The second kappa shape index (κ2) is 4.68.